The molecule has 0 N–H and O–H groups in total. The Labute approximate surface area is 136 Å². The van der Waals surface area contributed by atoms with E-state index in [2.05, 4.69) is 15.2 Å². The van der Waals surface area contributed by atoms with Gasteiger partial charge in [0.25, 0.3) is 10.0 Å². The summed E-state index contributed by atoms with van der Waals surface area (Å²) in [5.74, 6) is 0. The minimum Gasteiger partial charge on any atom is -0.264 e. The topological polar surface area (TPSA) is 76.1 Å². The fourth-order valence-corrected chi connectivity index (χ4v) is 4.04. The summed E-state index contributed by atoms with van der Waals surface area (Å²) in [4.78, 5) is 4.07. The third-order valence-electron chi connectivity index (χ3n) is 2.73. The Kier molecular flexibility index (Phi) is 4.06. The van der Waals surface area contributed by atoms with Gasteiger partial charge in [-0.05, 0) is 24.3 Å². The summed E-state index contributed by atoms with van der Waals surface area (Å²) >= 11 is 7.04. The van der Waals surface area contributed by atoms with Crippen molar-refractivity contribution in [3.63, 3.8) is 0 Å². The summed E-state index contributed by atoms with van der Waals surface area (Å²) in [5.41, 5.74) is 0.744. The van der Waals surface area contributed by atoms with Crippen LogP contribution < -0.4 is 3.82 Å². The molecule has 3 rings (SSSR count). The lowest BCUT2D eigenvalue weighted by Crippen LogP contribution is -2.21. The zero-order chi connectivity index (χ0) is 15.6. The van der Waals surface area contributed by atoms with Crippen molar-refractivity contribution < 1.29 is 8.42 Å². The predicted molar refractivity (Wildman–Crippen MR) is 85.1 cm³/mol. The van der Waals surface area contributed by atoms with Gasteiger partial charge in [-0.3, -0.25) is 4.98 Å². The summed E-state index contributed by atoms with van der Waals surface area (Å²) in [6.07, 6.45) is 3.26. The lowest BCUT2D eigenvalue weighted by Gasteiger charge is -2.11. The molecule has 6 nitrogen and oxygen atoms in total. The Balaban J connectivity index is 1.94. The molecule has 0 fully saturated rings. The molecule has 3 aromatic rings. The zero-order valence-electron chi connectivity index (χ0n) is 11.0. The van der Waals surface area contributed by atoms with Crippen molar-refractivity contribution in [2.45, 2.75) is 4.90 Å². The van der Waals surface area contributed by atoms with Gasteiger partial charge in [-0.15, -0.1) is 14.0 Å². The highest BCUT2D eigenvalue weighted by Gasteiger charge is 2.26. The van der Waals surface area contributed by atoms with Gasteiger partial charge in [-0.25, -0.2) is 0 Å². The number of sulfonamides is 1. The van der Waals surface area contributed by atoms with Gasteiger partial charge in [0.05, 0.1) is 4.90 Å². The van der Waals surface area contributed by atoms with Gasteiger partial charge in [-0.2, -0.15) is 8.42 Å². The maximum absolute atomic E-state index is 12.4. The van der Waals surface area contributed by atoms with Crippen molar-refractivity contribution in [2.24, 2.45) is 0 Å². The molecule has 22 heavy (non-hydrogen) atoms. The number of nitrogens with zero attached hydrogens (tertiary/aromatic N) is 4. The van der Waals surface area contributed by atoms with Crippen LogP contribution in [0.25, 0.3) is 10.6 Å². The molecular weight excluding hydrogens is 344 g/mol. The van der Waals surface area contributed by atoms with E-state index in [0.717, 1.165) is 16.9 Å². The van der Waals surface area contributed by atoms with Crippen LogP contribution in [-0.2, 0) is 10.0 Å². The molecule has 112 valence electrons. The summed E-state index contributed by atoms with van der Waals surface area (Å²) in [7, 11) is -3.87. The Morgan fingerprint density at radius 2 is 1.82 bits per heavy atom. The second-order valence-corrected chi connectivity index (χ2v) is 7.45. The first-order valence-electron chi connectivity index (χ1n) is 6.09. The molecule has 1 aromatic carbocycles. The molecule has 0 radical (unpaired) electrons. The largest absolute Gasteiger partial charge is 0.280 e. The molecule has 0 spiro atoms. The third kappa shape index (κ3) is 2.80. The van der Waals surface area contributed by atoms with Crippen LogP contribution >= 0.6 is 23.1 Å². The molecule has 0 aliphatic rings. The minimum atomic E-state index is -3.87. The monoisotopic (exact) mass is 352 g/mol. The first-order chi connectivity index (χ1) is 10.6. The number of aromatic nitrogens is 3. The fourth-order valence-electron chi connectivity index (χ4n) is 1.68. The number of hydrogen-bond donors (Lipinski definition) is 0. The third-order valence-corrected chi connectivity index (χ3v) is 6.07. The Hall–Kier alpha value is -2.03. The first-order valence-corrected chi connectivity index (χ1v) is 8.68. The van der Waals surface area contributed by atoms with Gasteiger partial charge in [0.15, 0.2) is 5.01 Å². The second-order valence-electron chi connectivity index (χ2n) is 4.16. The van der Waals surface area contributed by atoms with E-state index in [4.69, 9.17) is 11.8 Å². The molecule has 0 aliphatic carbocycles. The van der Waals surface area contributed by atoms with E-state index in [1.165, 1.54) is 12.1 Å². The number of anilines is 1. The number of benzene rings is 1. The molecule has 0 saturated heterocycles. The van der Waals surface area contributed by atoms with Crippen LogP contribution in [0.15, 0.2) is 59.8 Å². The normalized spacial score (nSPS) is 11.3. The van der Waals surface area contributed by atoms with Crippen LogP contribution in [-0.4, -0.2) is 23.6 Å². The maximum atomic E-state index is 12.4. The molecule has 2 heterocycles. The van der Waals surface area contributed by atoms with Gasteiger partial charge in [0.1, 0.15) is 0 Å². The number of hydrogen-bond acceptors (Lipinski definition) is 6. The molecule has 0 saturated carbocycles. The lowest BCUT2D eigenvalue weighted by atomic mass is 10.3. The minimum absolute atomic E-state index is 0.0735. The average Bonchev–Trinajstić information content (AvgIpc) is 3.05. The summed E-state index contributed by atoms with van der Waals surface area (Å²) < 4.78 is 25.4. The second kappa shape index (κ2) is 5.99. The molecule has 0 atom stereocenters. The van der Waals surface area contributed by atoms with Gasteiger partial charge in [0.2, 0.25) is 5.13 Å². The van der Waals surface area contributed by atoms with Crippen LogP contribution in [0.4, 0.5) is 5.13 Å². The van der Waals surface area contributed by atoms with E-state index >= 15 is 0 Å². The van der Waals surface area contributed by atoms with Crippen molar-refractivity contribution in [3.05, 3.63) is 54.9 Å². The number of pyridine rings is 1. The molecule has 9 heteroatoms. The maximum Gasteiger partial charge on any atom is 0.280 e. The number of halogens is 1. The number of rotatable bonds is 4. The molecule has 0 unspecified atom stereocenters. The van der Waals surface area contributed by atoms with Crippen LogP contribution in [0.3, 0.4) is 0 Å². The molecule has 2 aromatic heterocycles. The SMILES string of the molecule is O=S(=O)(c1ccccc1)N(Cl)c1nnc(-c2cccnc2)s1. The Morgan fingerprint density at radius 3 is 2.50 bits per heavy atom. The standard InChI is InChI=1S/C13H9ClN4O2S2/c14-18(22(19,20)11-6-2-1-3-7-11)13-17-16-12(21-13)10-5-4-8-15-9-10/h1-9H. The van der Waals surface area contributed by atoms with Crippen LogP contribution in [0.1, 0.15) is 0 Å². The molecular formula is C13H9ClN4O2S2. The molecule has 0 bridgehead atoms. The highest BCUT2D eigenvalue weighted by atomic mass is 35.5. The van der Waals surface area contributed by atoms with Crippen molar-refractivity contribution in [1.82, 2.24) is 15.2 Å². The van der Waals surface area contributed by atoms with E-state index < -0.39 is 10.0 Å². The predicted octanol–water partition coefficient (Wildman–Crippen LogP) is 2.95. The van der Waals surface area contributed by atoms with E-state index in [1.54, 1.807) is 36.7 Å². The van der Waals surface area contributed by atoms with Crippen molar-refractivity contribution in [1.29, 1.82) is 0 Å². The smallest absolute Gasteiger partial charge is 0.264 e. The zero-order valence-corrected chi connectivity index (χ0v) is 13.4. The Morgan fingerprint density at radius 1 is 1.05 bits per heavy atom. The van der Waals surface area contributed by atoms with E-state index in [-0.39, 0.29) is 10.0 Å². The molecule has 0 amide bonds. The van der Waals surface area contributed by atoms with Gasteiger partial charge < -0.3 is 0 Å². The lowest BCUT2D eigenvalue weighted by molar-refractivity contribution is 0.598. The Bertz CT molecular complexity index is 869. The highest BCUT2D eigenvalue weighted by Crippen LogP contribution is 2.32. The van der Waals surface area contributed by atoms with Gasteiger partial charge >= 0.3 is 0 Å². The van der Waals surface area contributed by atoms with E-state index in [9.17, 15) is 8.42 Å². The van der Waals surface area contributed by atoms with E-state index in [1.807, 2.05) is 6.07 Å². The van der Waals surface area contributed by atoms with Crippen molar-refractivity contribution in [2.75, 3.05) is 3.82 Å². The van der Waals surface area contributed by atoms with Crippen LogP contribution in [0, 0.1) is 0 Å². The van der Waals surface area contributed by atoms with Crippen molar-refractivity contribution >= 4 is 38.3 Å². The van der Waals surface area contributed by atoms with Crippen LogP contribution in [0.2, 0.25) is 0 Å². The fraction of sp³-hybridized carbons (Fsp3) is 0. The average molecular weight is 353 g/mol. The van der Waals surface area contributed by atoms with Crippen molar-refractivity contribution in [3.8, 4) is 10.6 Å². The quantitative estimate of drug-likeness (QED) is 0.675. The summed E-state index contributed by atoms with van der Waals surface area (Å²) in [6.45, 7) is 0. The molecule has 0 aliphatic heterocycles. The summed E-state index contributed by atoms with van der Waals surface area (Å²) in [5, 5.41) is 8.40. The highest BCUT2D eigenvalue weighted by molar-refractivity contribution is 7.94. The first kappa shape index (κ1) is 14.9. The van der Waals surface area contributed by atoms with Crippen LogP contribution in [0.5, 0.6) is 0 Å². The van der Waals surface area contributed by atoms with Gasteiger partial charge in [0, 0.05) is 29.7 Å². The van der Waals surface area contributed by atoms with E-state index in [0.29, 0.717) is 8.83 Å². The van der Waals surface area contributed by atoms with Gasteiger partial charge in [-0.1, -0.05) is 29.5 Å². The summed E-state index contributed by atoms with van der Waals surface area (Å²) in [6, 6.07) is 11.5.